The minimum Gasteiger partial charge on any atom is -0.462 e. The van der Waals surface area contributed by atoms with Crippen LogP contribution in [0.1, 0.15) is 39.0 Å². The average Bonchev–Trinajstić information content (AvgIpc) is 2.81. The monoisotopic (exact) mass is 335 g/mol. The molecule has 5 atom stereocenters. The Morgan fingerprint density at radius 3 is 2.96 bits per heavy atom. The Morgan fingerprint density at radius 1 is 1.39 bits per heavy atom. The third-order valence-corrected chi connectivity index (χ3v) is 7.82. The third kappa shape index (κ3) is 2.86. The van der Waals surface area contributed by atoms with Crippen molar-refractivity contribution in [1.82, 2.24) is 4.90 Å². The number of carbonyl (C=O) groups excluding carboxylic acids is 1. The zero-order valence-corrected chi connectivity index (χ0v) is 15.1. The van der Waals surface area contributed by atoms with Gasteiger partial charge >= 0.3 is 5.97 Å². The molecule has 0 radical (unpaired) electrons. The van der Waals surface area contributed by atoms with Crippen LogP contribution in [0.2, 0.25) is 0 Å². The van der Waals surface area contributed by atoms with Crippen molar-refractivity contribution in [1.29, 1.82) is 0 Å². The lowest BCUT2D eigenvalue weighted by molar-refractivity contribution is -0.146. The number of hydrogen-bond acceptors (Lipinski definition) is 4. The Labute approximate surface area is 144 Å². The summed E-state index contributed by atoms with van der Waals surface area (Å²) in [6.45, 7) is 9.95. The topological polar surface area (TPSA) is 29.5 Å². The highest BCUT2D eigenvalue weighted by atomic mass is 32.2. The number of carbonyl (C=O) groups is 1. The summed E-state index contributed by atoms with van der Waals surface area (Å²) >= 11 is 2.03. The number of nitrogens with zero attached hydrogens (tertiary/aromatic N) is 1. The molecule has 4 fully saturated rings. The first kappa shape index (κ1) is 16.0. The molecule has 2 heterocycles. The van der Waals surface area contributed by atoms with Gasteiger partial charge in [-0.1, -0.05) is 19.1 Å². The normalized spacial score (nSPS) is 44.6. The Bertz CT molecular complexity index is 502. The van der Waals surface area contributed by atoms with Crippen molar-refractivity contribution in [2.24, 2.45) is 23.2 Å². The quantitative estimate of drug-likeness (QED) is 0.572. The maximum atomic E-state index is 12.5. The molecule has 4 aliphatic rings. The van der Waals surface area contributed by atoms with Crippen LogP contribution in [0.25, 0.3) is 0 Å². The number of hydrogen-bond donors (Lipinski definition) is 0. The number of rotatable bonds is 2. The predicted octanol–water partition coefficient (Wildman–Crippen LogP) is 3.35. The van der Waals surface area contributed by atoms with Crippen LogP contribution in [0.5, 0.6) is 0 Å². The van der Waals surface area contributed by atoms with Crippen LogP contribution in [-0.2, 0) is 9.53 Å². The zero-order chi connectivity index (χ0) is 16.0. The number of thioether (sulfide) groups is 1. The van der Waals surface area contributed by atoms with E-state index in [1.807, 2.05) is 11.8 Å². The van der Waals surface area contributed by atoms with Crippen molar-refractivity contribution in [2.75, 3.05) is 31.1 Å². The molecule has 2 saturated carbocycles. The van der Waals surface area contributed by atoms with Gasteiger partial charge in [-0.2, -0.15) is 11.8 Å². The highest BCUT2D eigenvalue weighted by Gasteiger charge is 2.55. The maximum absolute atomic E-state index is 12.5. The molecule has 2 saturated heterocycles. The molecule has 2 aliphatic heterocycles. The van der Waals surface area contributed by atoms with E-state index in [-0.39, 0.29) is 18.0 Å². The molecular weight excluding hydrogens is 306 g/mol. The summed E-state index contributed by atoms with van der Waals surface area (Å²) in [7, 11) is 0. The minimum absolute atomic E-state index is 0.0751. The van der Waals surface area contributed by atoms with Crippen LogP contribution in [-0.4, -0.2) is 48.1 Å². The van der Waals surface area contributed by atoms with E-state index in [9.17, 15) is 4.79 Å². The number of esters is 1. The average molecular weight is 336 g/mol. The predicted molar refractivity (Wildman–Crippen MR) is 94.4 cm³/mol. The Hall–Kier alpha value is -0.480. The van der Waals surface area contributed by atoms with Gasteiger partial charge in [0.15, 0.2) is 0 Å². The Kier molecular flexibility index (Phi) is 4.25. The first-order chi connectivity index (χ1) is 11.1. The van der Waals surface area contributed by atoms with Gasteiger partial charge < -0.3 is 9.64 Å². The number of fused-ring (bicyclic) bond motifs is 2. The molecule has 0 aromatic rings. The van der Waals surface area contributed by atoms with Gasteiger partial charge in [0.25, 0.3) is 0 Å². The summed E-state index contributed by atoms with van der Waals surface area (Å²) in [5.74, 6) is 3.60. The molecule has 0 N–H and O–H groups in total. The van der Waals surface area contributed by atoms with E-state index in [2.05, 4.69) is 18.4 Å². The van der Waals surface area contributed by atoms with Gasteiger partial charge in [0.05, 0.1) is 5.92 Å². The molecule has 0 bridgehead atoms. The van der Waals surface area contributed by atoms with E-state index in [0.29, 0.717) is 17.3 Å². The van der Waals surface area contributed by atoms with Crippen LogP contribution in [0, 0.1) is 23.2 Å². The Balaban J connectivity index is 1.50. The van der Waals surface area contributed by atoms with E-state index in [0.717, 1.165) is 32.5 Å². The second-order valence-electron chi connectivity index (χ2n) is 8.32. The van der Waals surface area contributed by atoms with E-state index in [4.69, 9.17) is 4.74 Å². The molecule has 23 heavy (non-hydrogen) atoms. The summed E-state index contributed by atoms with van der Waals surface area (Å²) < 4.78 is 5.87. The van der Waals surface area contributed by atoms with E-state index < -0.39 is 0 Å². The van der Waals surface area contributed by atoms with Gasteiger partial charge in [0.2, 0.25) is 0 Å². The molecule has 0 amide bonds. The van der Waals surface area contributed by atoms with Crippen LogP contribution in [0.4, 0.5) is 0 Å². The molecule has 4 heteroatoms. The van der Waals surface area contributed by atoms with Gasteiger partial charge in [-0.25, -0.2) is 0 Å². The fourth-order valence-corrected chi connectivity index (χ4v) is 6.51. The smallest absolute Gasteiger partial charge is 0.310 e. The molecular formula is C19H29NO2S. The summed E-state index contributed by atoms with van der Waals surface area (Å²) in [6, 6.07) is 0. The summed E-state index contributed by atoms with van der Waals surface area (Å²) in [4.78, 5) is 15.0. The van der Waals surface area contributed by atoms with Gasteiger partial charge in [0, 0.05) is 37.1 Å². The fourth-order valence-electron chi connectivity index (χ4n) is 5.53. The minimum atomic E-state index is 0.0751. The Morgan fingerprint density at radius 2 is 2.17 bits per heavy atom. The molecule has 0 aromatic heterocycles. The zero-order valence-electron chi connectivity index (χ0n) is 14.3. The molecule has 0 unspecified atom stereocenters. The van der Waals surface area contributed by atoms with Crippen molar-refractivity contribution >= 4 is 17.7 Å². The molecule has 3 nitrogen and oxygen atoms in total. The highest BCUT2D eigenvalue weighted by molar-refractivity contribution is 7.99. The van der Waals surface area contributed by atoms with Crippen LogP contribution < -0.4 is 0 Å². The fraction of sp³-hybridized carbons (Fsp3) is 0.842. The first-order valence-corrected chi connectivity index (χ1v) is 10.4. The molecule has 128 valence electrons. The highest BCUT2D eigenvalue weighted by Crippen LogP contribution is 2.56. The third-order valence-electron chi connectivity index (χ3n) is 6.88. The van der Waals surface area contributed by atoms with Crippen molar-refractivity contribution in [3.05, 3.63) is 12.2 Å². The molecule has 2 aliphatic carbocycles. The second kappa shape index (κ2) is 6.11. The number of ether oxygens (including phenoxy) is 1. The van der Waals surface area contributed by atoms with Crippen molar-refractivity contribution in [2.45, 2.75) is 45.1 Å². The largest absolute Gasteiger partial charge is 0.462 e. The van der Waals surface area contributed by atoms with Crippen molar-refractivity contribution in [3.8, 4) is 0 Å². The molecule has 0 spiro atoms. The summed E-state index contributed by atoms with van der Waals surface area (Å²) in [5.41, 5.74) is 1.75. The lowest BCUT2D eigenvalue weighted by Crippen LogP contribution is -2.46. The maximum Gasteiger partial charge on any atom is 0.310 e. The second-order valence-corrected chi connectivity index (χ2v) is 9.54. The van der Waals surface area contributed by atoms with Crippen LogP contribution >= 0.6 is 11.8 Å². The van der Waals surface area contributed by atoms with E-state index in [1.165, 1.54) is 36.3 Å². The van der Waals surface area contributed by atoms with Gasteiger partial charge in [0.1, 0.15) is 6.10 Å². The summed E-state index contributed by atoms with van der Waals surface area (Å²) in [6.07, 6.45) is 6.05. The van der Waals surface area contributed by atoms with Crippen molar-refractivity contribution in [3.63, 3.8) is 0 Å². The van der Waals surface area contributed by atoms with Gasteiger partial charge in [-0.05, 0) is 43.4 Å². The lowest BCUT2D eigenvalue weighted by Gasteiger charge is -2.50. The van der Waals surface area contributed by atoms with Crippen LogP contribution in [0.3, 0.4) is 0 Å². The van der Waals surface area contributed by atoms with Crippen molar-refractivity contribution < 1.29 is 9.53 Å². The number of allylic oxidation sites excluding steroid dienone is 1. The summed E-state index contributed by atoms with van der Waals surface area (Å²) in [5, 5.41) is 0. The molecule has 4 rings (SSSR count). The first-order valence-electron chi connectivity index (χ1n) is 9.25. The van der Waals surface area contributed by atoms with Crippen LogP contribution in [0.15, 0.2) is 12.2 Å². The van der Waals surface area contributed by atoms with E-state index >= 15 is 0 Å². The standard InChI is InChI=1S/C19H29NO2S/c1-13-4-3-5-19(2)11-17-14(10-16(13)19)15(18(21)22-17)12-20-6-8-23-9-7-20/h14-17H,1,3-12H2,2H3/t14-,15+,16+,17-,19-/m1/s1. The van der Waals surface area contributed by atoms with Gasteiger partial charge in [-0.15, -0.1) is 0 Å². The molecule has 0 aromatic carbocycles. The van der Waals surface area contributed by atoms with Gasteiger partial charge in [-0.3, -0.25) is 4.79 Å². The lowest BCUT2D eigenvalue weighted by atomic mass is 9.55. The SMILES string of the molecule is C=C1CCC[C@]2(C)C[C@H]3OC(=O)[C@@H](CN4CCSCC4)[C@H]3C[C@@H]12. The van der Waals surface area contributed by atoms with E-state index in [1.54, 1.807) is 0 Å².